The fourth-order valence-electron chi connectivity index (χ4n) is 7.81. The molecule has 2 aromatic heterocycles. The first-order valence-electron chi connectivity index (χ1n) is 19.9. The molecule has 8 rings (SSSR count). The molecule has 4 heterocycles. The van der Waals surface area contributed by atoms with Crippen LogP contribution in [0.3, 0.4) is 0 Å². The zero-order valence-electron chi connectivity index (χ0n) is 34.7. The largest absolute Gasteiger partial charge is 0.497 e. The van der Waals surface area contributed by atoms with Crippen LogP contribution in [-0.2, 0) is 52.8 Å². The number of hydrogen-bond acceptors (Lipinski definition) is 13. The van der Waals surface area contributed by atoms with E-state index in [0.29, 0.717) is 47.2 Å². The van der Waals surface area contributed by atoms with Gasteiger partial charge in [-0.25, -0.2) is 36.0 Å². The molecule has 19 nitrogen and oxygen atoms in total. The summed E-state index contributed by atoms with van der Waals surface area (Å²) in [6, 6.07) is 23.1. The average Bonchev–Trinajstić information content (AvgIpc) is 4.08. The van der Waals surface area contributed by atoms with E-state index in [2.05, 4.69) is 25.2 Å². The van der Waals surface area contributed by atoms with Crippen molar-refractivity contribution in [2.75, 3.05) is 45.9 Å². The SMILES string of the molecule is COc1ccc(CN(Cc2ccc(OC)cc2)S(=O)(=O)c2c(S(=O)(=O)N[C@@H]3CCN(C(=O)O)C3)ccc(N3CCn4ccnc4C3)c2-c2nnnn2Cc2ccc(OC)cc2)cc1. The monoisotopic (exact) mass is 898 g/mol. The molecule has 0 saturated carbocycles. The molecule has 4 aromatic carbocycles. The van der Waals surface area contributed by atoms with Crippen LogP contribution in [0.1, 0.15) is 28.9 Å². The van der Waals surface area contributed by atoms with E-state index in [9.17, 15) is 18.3 Å². The highest BCUT2D eigenvalue weighted by Crippen LogP contribution is 2.43. The lowest BCUT2D eigenvalue weighted by Crippen LogP contribution is -2.40. The Bertz CT molecular complexity index is 2750. The second kappa shape index (κ2) is 18.0. The van der Waals surface area contributed by atoms with E-state index in [1.54, 1.807) is 80.0 Å². The molecule has 63 heavy (non-hydrogen) atoms. The predicted molar refractivity (Wildman–Crippen MR) is 229 cm³/mol. The summed E-state index contributed by atoms with van der Waals surface area (Å²) in [5, 5.41) is 22.4. The van der Waals surface area contributed by atoms with Gasteiger partial charge in [-0.2, -0.15) is 4.31 Å². The molecule has 330 valence electrons. The molecule has 0 bridgehead atoms. The molecule has 2 aliphatic heterocycles. The number of hydrogen-bond donors (Lipinski definition) is 2. The fourth-order valence-corrected chi connectivity index (χ4v) is 11.5. The second-order valence-corrected chi connectivity index (χ2v) is 18.6. The van der Waals surface area contributed by atoms with Crippen molar-refractivity contribution in [1.29, 1.82) is 0 Å². The number of imidazole rings is 1. The number of sulfonamides is 2. The van der Waals surface area contributed by atoms with E-state index in [0.717, 1.165) is 16.3 Å². The summed E-state index contributed by atoms with van der Waals surface area (Å²) in [7, 11) is -4.99. The maximum atomic E-state index is 16.1. The highest BCUT2D eigenvalue weighted by atomic mass is 32.2. The Labute approximate surface area is 364 Å². The first-order chi connectivity index (χ1) is 30.4. The maximum Gasteiger partial charge on any atom is 0.407 e. The van der Waals surface area contributed by atoms with Crippen LogP contribution < -0.4 is 23.8 Å². The number of carboxylic acid groups (broad SMARTS) is 1. The Morgan fingerprint density at radius 1 is 0.810 bits per heavy atom. The molecule has 0 aliphatic carbocycles. The third kappa shape index (κ3) is 9.17. The summed E-state index contributed by atoms with van der Waals surface area (Å²) in [4.78, 5) is 18.3. The lowest BCUT2D eigenvalue weighted by atomic mass is 10.1. The average molecular weight is 899 g/mol. The van der Waals surface area contributed by atoms with Crippen molar-refractivity contribution >= 4 is 31.8 Å². The minimum absolute atomic E-state index is 0.00266. The standard InChI is InChI=1S/C42H46N10O9S2/c1-59-33-10-4-29(5-11-33)24-51(25-30-6-12-34(60-2)13-7-30)63(57,58)40-37(62(55,56)45-32-18-20-50(27-32)42(53)54)17-16-36(49-23-22-48-21-19-43-38(48)28-49)39(40)41-44-46-47-52(41)26-31-8-14-35(61-3)15-9-31/h4-17,19,21,32,45H,18,20,22-28H2,1-3H3,(H,53,54)/t32-/m1/s1. The molecule has 1 fully saturated rings. The molecule has 0 spiro atoms. The smallest absolute Gasteiger partial charge is 0.407 e. The van der Waals surface area contributed by atoms with Crippen LogP contribution in [0.5, 0.6) is 17.2 Å². The van der Waals surface area contributed by atoms with Gasteiger partial charge in [-0.3, -0.25) is 0 Å². The summed E-state index contributed by atoms with van der Waals surface area (Å²) in [5.41, 5.74) is 2.27. The Morgan fingerprint density at radius 3 is 1.98 bits per heavy atom. The topological polar surface area (TPSA) is 216 Å². The first-order valence-corrected chi connectivity index (χ1v) is 22.9. The van der Waals surface area contributed by atoms with Gasteiger partial charge in [-0.05, 0) is 82.1 Å². The molecular formula is C42H46N10O9S2. The van der Waals surface area contributed by atoms with Crippen molar-refractivity contribution < 1.29 is 40.9 Å². The van der Waals surface area contributed by atoms with Gasteiger partial charge in [-0.1, -0.05) is 36.4 Å². The quantitative estimate of drug-likeness (QED) is 0.140. The number of ether oxygens (including phenoxy) is 3. The summed E-state index contributed by atoms with van der Waals surface area (Å²) >= 11 is 0. The van der Waals surface area contributed by atoms with Gasteiger partial charge in [0.15, 0.2) is 5.82 Å². The molecule has 0 unspecified atom stereocenters. The van der Waals surface area contributed by atoms with Crippen LogP contribution in [-0.4, -0.2) is 114 Å². The highest BCUT2D eigenvalue weighted by Gasteiger charge is 2.40. The molecule has 6 aromatic rings. The van der Waals surface area contributed by atoms with Gasteiger partial charge in [0.1, 0.15) is 32.9 Å². The zero-order chi connectivity index (χ0) is 44.3. The van der Waals surface area contributed by atoms with Gasteiger partial charge in [0.2, 0.25) is 20.0 Å². The van der Waals surface area contributed by atoms with Crippen LogP contribution >= 0.6 is 0 Å². The molecule has 0 radical (unpaired) electrons. The number of tetrazole rings is 1. The number of anilines is 1. The molecule has 1 saturated heterocycles. The summed E-state index contributed by atoms with van der Waals surface area (Å²) in [5.74, 6) is 2.48. The van der Waals surface area contributed by atoms with E-state index in [-0.39, 0.29) is 57.1 Å². The molecule has 21 heteroatoms. The number of fused-ring (bicyclic) bond motifs is 1. The Morgan fingerprint density at radius 2 is 1.41 bits per heavy atom. The van der Waals surface area contributed by atoms with Crippen molar-refractivity contribution in [3.63, 3.8) is 0 Å². The number of likely N-dealkylation sites (tertiary alicyclic amines) is 1. The normalized spacial score (nSPS) is 15.4. The summed E-state index contributed by atoms with van der Waals surface area (Å²) < 4.78 is 85.3. The Balaban J connectivity index is 1.36. The van der Waals surface area contributed by atoms with Crippen molar-refractivity contribution in [1.82, 2.24) is 43.7 Å². The third-order valence-corrected chi connectivity index (χ3v) is 14.7. The number of nitrogens with zero attached hydrogens (tertiary/aromatic N) is 9. The van der Waals surface area contributed by atoms with Gasteiger partial charge in [0.05, 0.1) is 40.0 Å². The van der Waals surface area contributed by atoms with Crippen LogP contribution in [0.4, 0.5) is 10.5 Å². The van der Waals surface area contributed by atoms with Gasteiger partial charge in [0, 0.05) is 63.4 Å². The van der Waals surface area contributed by atoms with Gasteiger partial charge < -0.3 is 33.7 Å². The molecule has 1 amide bonds. The van der Waals surface area contributed by atoms with Crippen LogP contribution in [0, 0.1) is 0 Å². The number of nitrogens with one attached hydrogen (secondary N) is 1. The van der Waals surface area contributed by atoms with Gasteiger partial charge in [0.25, 0.3) is 0 Å². The highest BCUT2D eigenvalue weighted by molar-refractivity contribution is 7.92. The third-order valence-electron chi connectivity index (χ3n) is 11.1. The first kappa shape index (κ1) is 43.1. The van der Waals surface area contributed by atoms with Gasteiger partial charge >= 0.3 is 6.09 Å². The molecule has 2 aliphatic rings. The second-order valence-electron chi connectivity index (χ2n) is 15.1. The van der Waals surface area contributed by atoms with E-state index in [1.807, 2.05) is 27.8 Å². The number of carbonyl (C=O) groups is 1. The molecule has 2 N–H and O–H groups in total. The summed E-state index contributed by atoms with van der Waals surface area (Å²) in [6.45, 7) is 0.889. The predicted octanol–water partition coefficient (Wildman–Crippen LogP) is 4.05. The van der Waals surface area contributed by atoms with Crippen molar-refractivity contribution in [3.05, 3.63) is 120 Å². The van der Waals surface area contributed by atoms with Crippen molar-refractivity contribution in [2.45, 2.75) is 55.0 Å². The van der Waals surface area contributed by atoms with E-state index >= 15 is 8.42 Å². The lowest BCUT2D eigenvalue weighted by molar-refractivity contribution is 0.155. The van der Waals surface area contributed by atoms with Crippen LogP contribution in [0.15, 0.2) is 107 Å². The van der Waals surface area contributed by atoms with E-state index in [1.165, 1.54) is 29.3 Å². The minimum Gasteiger partial charge on any atom is -0.497 e. The van der Waals surface area contributed by atoms with E-state index < -0.39 is 42.0 Å². The molecular weight excluding hydrogens is 853 g/mol. The Hall–Kier alpha value is -6.55. The minimum atomic E-state index is -4.89. The Kier molecular flexibility index (Phi) is 12.3. The zero-order valence-corrected chi connectivity index (χ0v) is 36.4. The maximum absolute atomic E-state index is 16.1. The lowest BCUT2D eigenvalue weighted by Gasteiger charge is -2.33. The van der Waals surface area contributed by atoms with Crippen LogP contribution in [0.25, 0.3) is 11.4 Å². The number of rotatable bonds is 16. The number of methoxy groups -OCH3 is 3. The van der Waals surface area contributed by atoms with E-state index in [4.69, 9.17) is 14.2 Å². The van der Waals surface area contributed by atoms with Crippen molar-refractivity contribution in [2.24, 2.45) is 0 Å². The van der Waals surface area contributed by atoms with Gasteiger partial charge in [-0.15, -0.1) is 5.10 Å². The fraction of sp³-hybridized carbons (Fsp3) is 0.310. The van der Waals surface area contributed by atoms with Crippen molar-refractivity contribution in [3.8, 4) is 28.6 Å². The van der Waals surface area contributed by atoms with Crippen LogP contribution in [0.2, 0.25) is 0 Å². The summed E-state index contributed by atoms with van der Waals surface area (Å²) in [6.07, 6.45) is 2.55. The number of aromatic nitrogens is 6. The number of amides is 1. The number of benzene rings is 4. The molecule has 1 atom stereocenters.